The van der Waals surface area contributed by atoms with Gasteiger partial charge in [0.1, 0.15) is 0 Å². The Balaban J connectivity index is 0.000000106. The van der Waals surface area contributed by atoms with E-state index in [4.69, 9.17) is 0 Å². The number of aromatic nitrogens is 3. The number of para-hydroxylation sites is 6. The highest BCUT2D eigenvalue weighted by molar-refractivity contribution is 6.26. The number of hydrogen-bond acceptors (Lipinski definition) is 0. The minimum absolute atomic E-state index is 1.18. The average Bonchev–Trinajstić information content (AvgIpc) is 1.34. The van der Waals surface area contributed by atoms with Crippen molar-refractivity contribution in [2.75, 3.05) is 0 Å². The lowest BCUT2D eigenvalue weighted by Gasteiger charge is -2.13. The predicted octanol–water partition coefficient (Wildman–Crippen LogP) is 32.4. The van der Waals surface area contributed by atoms with E-state index in [2.05, 4.69) is 481 Å². The van der Waals surface area contributed by atoms with Crippen LogP contribution in [0.5, 0.6) is 0 Å². The highest BCUT2D eigenvalue weighted by Crippen LogP contribution is 2.44. The van der Waals surface area contributed by atoms with E-state index < -0.39 is 0 Å². The summed E-state index contributed by atoms with van der Waals surface area (Å²) in [5.74, 6) is 0. The van der Waals surface area contributed by atoms with Crippen LogP contribution < -0.4 is 0 Å². The zero-order valence-corrected chi connectivity index (χ0v) is 66.3. The minimum atomic E-state index is 1.18. The van der Waals surface area contributed by atoms with Gasteiger partial charge in [-0.3, -0.25) is 0 Å². The summed E-state index contributed by atoms with van der Waals surface area (Å²) in [6.45, 7) is 0. The lowest BCUT2D eigenvalue weighted by molar-refractivity contribution is 1.18. The van der Waals surface area contributed by atoms with E-state index in [1.54, 1.807) is 0 Å². The van der Waals surface area contributed by atoms with Gasteiger partial charge in [0.2, 0.25) is 0 Å². The predicted molar refractivity (Wildman–Crippen MR) is 518 cm³/mol. The second kappa shape index (κ2) is 29.7. The fraction of sp³-hybridized carbons (Fsp3) is 0. The molecule has 0 atom stereocenters. The molecule has 0 radical (unpaired) electrons. The van der Waals surface area contributed by atoms with Crippen LogP contribution in [0, 0.1) is 0 Å². The summed E-state index contributed by atoms with van der Waals surface area (Å²) in [6.07, 6.45) is 0. The second-order valence-corrected chi connectivity index (χ2v) is 31.8. The smallest absolute Gasteiger partial charge is 0.0541 e. The van der Waals surface area contributed by atoms with E-state index in [-0.39, 0.29) is 0 Å². The first-order valence-corrected chi connectivity index (χ1v) is 41.7. The molecule has 0 saturated heterocycles. The van der Waals surface area contributed by atoms with E-state index >= 15 is 0 Å². The zero-order valence-electron chi connectivity index (χ0n) is 66.3. The molecule has 25 aromatic rings. The number of benzene rings is 22. The van der Waals surface area contributed by atoms with Gasteiger partial charge in [0.15, 0.2) is 0 Å². The van der Waals surface area contributed by atoms with Crippen molar-refractivity contribution in [1.29, 1.82) is 0 Å². The maximum absolute atomic E-state index is 2.37. The van der Waals surface area contributed by atoms with Crippen molar-refractivity contribution >= 4 is 141 Å². The Morgan fingerprint density at radius 3 is 0.711 bits per heavy atom. The second-order valence-electron chi connectivity index (χ2n) is 31.8. The third kappa shape index (κ3) is 12.5. The molecule has 0 N–H and O–H groups in total. The molecule has 0 fully saturated rings. The topological polar surface area (TPSA) is 14.8 Å². The highest BCUT2D eigenvalue weighted by Gasteiger charge is 2.20. The van der Waals surface area contributed by atoms with Gasteiger partial charge in [0.25, 0.3) is 0 Å². The molecule has 3 heterocycles. The lowest BCUT2D eigenvalue weighted by Crippen LogP contribution is -1.92. The van der Waals surface area contributed by atoms with Gasteiger partial charge in [0, 0.05) is 49.4 Å². The highest BCUT2D eigenvalue weighted by atomic mass is 15.0. The molecule has 3 nitrogen and oxygen atoms in total. The molecule has 0 unspecified atom stereocenters. The Morgan fingerprint density at radius 2 is 0.322 bits per heavy atom. The summed E-state index contributed by atoms with van der Waals surface area (Å²) < 4.78 is 7.10. The lowest BCUT2D eigenvalue weighted by atomic mass is 9.91. The summed E-state index contributed by atoms with van der Waals surface area (Å²) in [6, 6.07) is 170. The van der Waals surface area contributed by atoms with Crippen LogP contribution in [0.25, 0.3) is 225 Å². The monoisotopic (exact) mass is 1540 g/mol. The molecule has 25 rings (SSSR count). The van der Waals surface area contributed by atoms with Gasteiger partial charge in [-0.05, 0) is 270 Å². The van der Waals surface area contributed by atoms with Crippen LogP contribution in [0.15, 0.2) is 467 Å². The van der Waals surface area contributed by atoms with Crippen LogP contribution in [0.4, 0.5) is 0 Å². The molecular weight excluding hydrogens is 1460 g/mol. The molecule has 0 aliphatic carbocycles. The van der Waals surface area contributed by atoms with Crippen molar-refractivity contribution in [1.82, 2.24) is 13.7 Å². The SMILES string of the molecule is c1ccc(-n2c3ccccc3c3cc(-c4cccc(-c5ccc6c(ccc7ccccc76)c5)c4)ccc32)cc1.c1ccc(-n2c3ccccc3c3cc(-c4cccc(-c5ccc6c7ccccc7c7ccccc7c6c5)c4)ccc32)cc1.c1ccc(-n2c3ccccc3c3cc(-c4cccc(-c5ccc6ccc7ccccc7c6c5)c4)ccc32)cc1. The number of fused-ring (bicyclic) bond motifs is 21. The molecule has 3 heteroatoms. The summed E-state index contributed by atoms with van der Waals surface area (Å²) in [5, 5.41) is 25.8. The van der Waals surface area contributed by atoms with Gasteiger partial charge in [-0.1, -0.05) is 340 Å². The molecule has 0 amide bonds. The maximum atomic E-state index is 2.37. The summed E-state index contributed by atoms with van der Waals surface area (Å²) >= 11 is 0. The van der Waals surface area contributed by atoms with Crippen LogP contribution in [-0.4, -0.2) is 13.7 Å². The van der Waals surface area contributed by atoms with E-state index in [1.807, 2.05) is 0 Å². The molecule has 0 saturated carbocycles. The third-order valence-corrected chi connectivity index (χ3v) is 24.9. The Bertz CT molecular complexity index is 8360. The first-order chi connectivity index (χ1) is 60.0. The van der Waals surface area contributed by atoms with Crippen molar-refractivity contribution in [2.24, 2.45) is 0 Å². The van der Waals surface area contributed by atoms with Gasteiger partial charge < -0.3 is 13.7 Å². The van der Waals surface area contributed by atoms with Crippen LogP contribution in [0.3, 0.4) is 0 Å². The molecule has 3 aromatic heterocycles. The van der Waals surface area contributed by atoms with Gasteiger partial charge in [-0.2, -0.15) is 0 Å². The number of nitrogens with zero attached hydrogens (tertiary/aromatic N) is 3. The Hall–Kier alpha value is -15.9. The van der Waals surface area contributed by atoms with Crippen LogP contribution in [0.1, 0.15) is 0 Å². The zero-order chi connectivity index (χ0) is 79.9. The third-order valence-electron chi connectivity index (χ3n) is 24.9. The summed E-state index contributed by atoms with van der Waals surface area (Å²) in [5.41, 5.74) is 25.7. The standard InChI is InChI=1S/C42H27N.2C38H25N/c1-2-13-32(14-3-1)43-41-20-9-8-19-38(41)40-27-31(22-24-42(40)43)29-12-10-11-28(25-29)30-21-23-37-35-17-5-4-15-33(35)34-16-6-7-18-36(34)39(37)26-30;1-2-12-32(13-3-1)39-37-16-7-6-15-35(37)36-25-30(20-22-38(36)39)28-11-8-10-27(23-28)29-19-21-34-31(24-29)18-17-26-9-4-5-14-33(26)34;1-2-12-32(13-3-1)39-37-16-7-6-15-34(37)36-25-31(21-22-38(36)39)29-11-8-10-28(23-29)30-20-19-27-18-17-26-9-4-5-14-33(26)35(27)24-30/h1-27H;2*1-25H. The molecule has 121 heavy (non-hydrogen) atoms. The van der Waals surface area contributed by atoms with E-state index in [0.717, 1.165) is 0 Å². The van der Waals surface area contributed by atoms with Crippen molar-refractivity contribution in [3.05, 3.63) is 467 Å². The fourth-order valence-corrected chi connectivity index (χ4v) is 19.1. The molecule has 0 aliphatic heterocycles. The normalized spacial score (nSPS) is 11.6. The molecule has 0 aliphatic rings. The molecule has 0 bridgehead atoms. The van der Waals surface area contributed by atoms with E-state index in [0.29, 0.717) is 0 Å². The number of hydrogen-bond donors (Lipinski definition) is 0. The number of rotatable bonds is 9. The largest absolute Gasteiger partial charge is 0.309 e. The van der Waals surface area contributed by atoms with E-state index in [1.165, 1.54) is 225 Å². The summed E-state index contributed by atoms with van der Waals surface area (Å²) in [7, 11) is 0. The van der Waals surface area contributed by atoms with E-state index in [9.17, 15) is 0 Å². The van der Waals surface area contributed by atoms with Crippen molar-refractivity contribution in [3.8, 4) is 83.8 Å². The first-order valence-electron chi connectivity index (χ1n) is 41.7. The van der Waals surface area contributed by atoms with Crippen LogP contribution in [-0.2, 0) is 0 Å². The minimum Gasteiger partial charge on any atom is -0.309 e. The van der Waals surface area contributed by atoms with Gasteiger partial charge >= 0.3 is 0 Å². The summed E-state index contributed by atoms with van der Waals surface area (Å²) in [4.78, 5) is 0. The quantitative estimate of drug-likeness (QED) is 0.128. The maximum Gasteiger partial charge on any atom is 0.0541 e. The Labute approximate surface area is 700 Å². The molecular formula is C118H77N3. The first kappa shape index (κ1) is 70.5. The van der Waals surface area contributed by atoms with Gasteiger partial charge in [0.05, 0.1) is 33.1 Å². The molecule has 22 aromatic carbocycles. The molecule has 0 spiro atoms. The van der Waals surface area contributed by atoms with Gasteiger partial charge in [-0.15, -0.1) is 0 Å². The van der Waals surface area contributed by atoms with Crippen LogP contribution in [0.2, 0.25) is 0 Å². The van der Waals surface area contributed by atoms with Crippen molar-refractivity contribution in [3.63, 3.8) is 0 Å². The Kier molecular flexibility index (Phi) is 17.3. The van der Waals surface area contributed by atoms with Gasteiger partial charge in [-0.25, -0.2) is 0 Å². The average molecular weight is 1540 g/mol. The molecule has 564 valence electrons. The van der Waals surface area contributed by atoms with Crippen molar-refractivity contribution in [2.45, 2.75) is 0 Å². The van der Waals surface area contributed by atoms with Crippen molar-refractivity contribution < 1.29 is 0 Å². The Morgan fingerprint density at radius 1 is 0.0992 bits per heavy atom. The fourth-order valence-electron chi connectivity index (χ4n) is 19.1. The van der Waals surface area contributed by atoms with Crippen LogP contribution >= 0.6 is 0 Å².